The van der Waals surface area contributed by atoms with Crippen molar-refractivity contribution in [3.8, 4) is 5.75 Å². The summed E-state index contributed by atoms with van der Waals surface area (Å²) in [6, 6.07) is 16.8. The Balaban J connectivity index is 1.89. The van der Waals surface area contributed by atoms with Crippen LogP contribution in [0, 0.1) is 3.57 Å². The summed E-state index contributed by atoms with van der Waals surface area (Å²) in [4.78, 5) is 0. The highest BCUT2D eigenvalue weighted by molar-refractivity contribution is 14.1. The number of benzene rings is 2. The molecular formula is C17H20INO. The van der Waals surface area contributed by atoms with Gasteiger partial charge in [-0.1, -0.05) is 31.2 Å². The molecule has 2 rings (SSSR count). The highest BCUT2D eigenvalue weighted by atomic mass is 127. The number of rotatable bonds is 6. The Morgan fingerprint density at radius 1 is 1.00 bits per heavy atom. The summed E-state index contributed by atoms with van der Waals surface area (Å²) < 4.78 is 7.02. The van der Waals surface area contributed by atoms with Crippen LogP contribution in [-0.4, -0.2) is 6.04 Å². The predicted octanol–water partition coefficient (Wildman–Crippen LogP) is 4.15. The largest absolute Gasteiger partial charge is 0.489 e. The Labute approximate surface area is 134 Å². The highest BCUT2D eigenvalue weighted by Crippen LogP contribution is 2.16. The molecule has 20 heavy (non-hydrogen) atoms. The zero-order valence-corrected chi connectivity index (χ0v) is 13.8. The third kappa shape index (κ3) is 4.80. The first kappa shape index (κ1) is 15.3. The lowest BCUT2D eigenvalue weighted by molar-refractivity contribution is 0.306. The van der Waals surface area contributed by atoms with E-state index in [0.29, 0.717) is 6.61 Å². The van der Waals surface area contributed by atoms with E-state index in [0.717, 1.165) is 18.6 Å². The van der Waals surface area contributed by atoms with Gasteiger partial charge in [0.2, 0.25) is 0 Å². The molecule has 0 amide bonds. The SMILES string of the molecule is CCC(N)Cc1ccc(OCc2ccc(I)cc2)cc1. The average molecular weight is 381 g/mol. The van der Waals surface area contributed by atoms with Crippen molar-refractivity contribution in [2.24, 2.45) is 5.73 Å². The molecule has 0 saturated heterocycles. The number of hydrogen-bond acceptors (Lipinski definition) is 2. The summed E-state index contributed by atoms with van der Waals surface area (Å²) in [5.41, 5.74) is 8.41. The lowest BCUT2D eigenvalue weighted by atomic mass is 10.0. The quantitative estimate of drug-likeness (QED) is 0.763. The lowest BCUT2D eigenvalue weighted by Gasteiger charge is -2.10. The molecule has 1 atom stereocenters. The van der Waals surface area contributed by atoms with Gasteiger partial charge < -0.3 is 10.5 Å². The maximum atomic E-state index is 5.96. The van der Waals surface area contributed by atoms with Gasteiger partial charge in [0.05, 0.1) is 0 Å². The van der Waals surface area contributed by atoms with E-state index in [1.165, 1.54) is 14.7 Å². The van der Waals surface area contributed by atoms with Gasteiger partial charge in [-0.25, -0.2) is 0 Å². The third-order valence-corrected chi connectivity index (χ3v) is 3.98. The van der Waals surface area contributed by atoms with Gasteiger partial charge in [0, 0.05) is 9.61 Å². The van der Waals surface area contributed by atoms with Gasteiger partial charge in [0.1, 0.15) is 12.4 Å². The molecule has 2 aromatic rings. The Bertz CT molecular complexity index is 522. The Morgan fingerprint density at radius 3 is 2.20 bits per heavy atom. The number of ether oxygens (including phenoxy) is 1. The fourth-order valence-electron chi connectivity index (χ4n) is 1.92. The molecule has 0 saturated carbocycles. The van der Waals surface area contributed by atoms with Gasteiger partial charge in [0.15, 0.2) is 0 Å². The second-order valence-electron chi connectivity index (χ2n) is 4.93. The smallest absolute Gasteiger partial charge is 0.119 e. The molecule has 3 heteroatoms. The van der Waals surface area contributed by atoms with E-state index >= 15 is 0 Å². The minimum absolute atomic E-state index is 0.244. The second kappa shape index (κ2) is 7.64. The van der Waals surface area contributed by atoms with Gasteiger partial charge in [-0.2, -0.15) is 0 Å². The van der Waals surface area contributed by atoms with Crippen LogP contribution in [0.2, 0.25) is 0 Å². The van der Waals surface area contributed by atoms with Gasteiger partial charge in [-0.3, -0.25) is 0 Å². The minimum Gasteiger partial charge on any atom is -0.489 e. The molecule has 0 fully saturated rings. The first-order valence-corrected chi connectivity index (χ1v) is 7.97. The van der Waals surface area contributed by atoms with E-state index in [-0.39, 0.29) is 6.04 Å². The summed E-state index contributed by atoms with van der Waals surface area (Å²) in [5, 5.41) is 0. The summed E-state index contributed by atoms with van der Waals surface area (Å²) in [7, 11) is 0. The number of hydrogen-bond donors (Lipinski definition) is 1. The van der Waals surface area contributed by atoms with Crippen LogP contribution in [0.4, 0.5) is 0 Å². The Kier molecular flexibility index (Phi) is 5.86. The lowest BCUT2D eigenvalue weighted by Crippen LogP contribution is -2.21. The molecular weight excluding hydrogens is 361 g/mol. The predicted molar refractivity (Wildman–Crippen MR) is 91.9 cm³/mol. The number of nitrogens with two attached hydrogens (primary N) is 1. The van der Waals surface area contributed by atoms with Crippen LogP contribution in [0.3, 0.4) is 0 Å². The molecule has 0 heterocycles. The first-order valence-electron chi connectivity index (χ1n) is 6.89. The van der Waals surface area contributed by atoms with Crippen molar-refractivity contribution in [1.82, 2.24) is 0 Å². The zero-order chi connectivity index (χ0) is 14.4. The summed E-state index contributed by atoms with van der Waals surface area (Å²) >= 11 is 2.30. The van der Waals surface area contributed by atoms with Gasteiger partial charge in [-0.15, -0.1) is 0 Å². The highest BCUT2D eigenvalue weighted by Gasteiger charge is 2.02. The van der Waals surface area contributed by atoms with Gasteiger partial charge in [0.25, 0.3) is 0 Å². The molecule has 0 radical (unpaired) electrons. The van der Waals surface area contributed by atoms with Crippen LogP contribution in [0.25, 0.3) is 0 Å². The fourth-order valence-corrected chi connectivity index (χ4v) is 2.28. The van der Waals surface area contributed by atoms with Crippen LogP contribution in [-0.2, 0) is 13.0 Å². The van der Waals surface area contributed by atoms with Crippen LogP contribution >= 0.6 is 22.6 Å². The van der Waals surface area contributed by atoms with E-state index in [9.17, 15) is 0 Å². The van der Waals surface area contributed by atoms with Crippen molar-refractivity contribution in [3.05, 3.63) is 63.2 Å². The van der Waals surface area contributed by atoms with E-state index in [4.69, 9.17) is 10.5 Å². The standard InChI is InChI=1S/C17H20INO/c1-2-16(19)11-13-5-9-17(10-6-13)20-12-14-3-7-15(18)8-4-14/h3-10,16H,2,11-12,19H2,1H3. The van der Waals surface area contributed by atoms with Crippen molar-refractivity contribution in [3.63, 3.8) is 0 Å². The van der Waals surface area contributed by atoms with Crippen molar-refractivity contribution in [2.45, 2.75) is 32.4 Å². The van der Waals surface area contributed by atoms with E-state index in [2.05, 4.69) is 65.9 Å². The molecule has 2 N–H and O–H groups in total. The van der Waals surface area contributed by atoms with Crippen LogP contribution < -0.4 is 10.5 Å². The minimum atomic E-state index is 0.244. The zero-order valence-electron chi connectivity index (χ0n) is 11.7. The molecule has 106 valence electrons. The van der Waals surface area contributed by atoms with Gasteiger partial charge in [-0.05, 0) is 70.8 Å². The molecule has 0 spiro atoms. The maximum absolute atomic E-state index is 5.96. The summed E-state index contributed by atoms with van der Waals surface area (Å²) in [6.07, 6.45) is 1.93. The normalized spacial score (nSPS) is 12.2. The van der Waals surface area contributed by atoms with E-state index in [1.54, 1.807) is 0 Å². The van der Waals surface area contributed by atoms with E-state index < -0.39 is 0 Å². The third-order valence-electron chi connectivity index (χ3n) is 3.26. The van der Waals surface area contributed by atoms with Crippen LogP contribution in [0.1, 0.15) is 24.5 Å². The van der Waals surface area contributed by atoms with E-state index in [1.807, 2.05) is 12.1 Å². The van der Waals surface area contributed by atoms with Crippen LogP contribution in [0.15, 0.2) is 48.5 Å². The first-order chi connectivity index (χ1) is 9.67. The average Bonchev–Trinajstić information content (AvgIpc) is 2.48. The van der Waals surface area contributed by atoms with Gasteiger partial charge >= 0.3 is 0 Å². The van der Waals surface area contributed by atoms with Crippen molar-refractivity contribution in [2.75, 3.05) is 0 Å². The Morgan fingerprint density at radius 2 is 1.60 bits per heavy atom. The molecule has 2 aromatic carbocycles. The van der Waals surface area contributed by atoms with Crippen molar-refractivity contribution >= 4 is 22.6 Å². The molecule has 1 unspecified atom stereocenters. The molecule has 0 aliphatic rings. The molecule has 0 bridgehead atoms. The van der Waals surface area contributed by atoms with Crippen molar-refractivity contribution in [1.29, 1.82) is 0 Å². The Hall–Kier alpha value is -1.07. The topological polar surface area (TPSA) is 35.2 Å². The molecule has 0 aliphatic heterocycles. The van der Waals surface area contributed by atoms with Crippen molar-refractivity contribution < 1.29 is 4.74 Å². The molecule has 0 aromatic heterocycles. The summed E-state index contributed by atoms with van der Waals surface area (Å²) in [5.74, 6) is 0.900. The van der Waals surface area contributed by atoms with Crippen LogP contribution in [0.5, 0.6) is 5.75 Å². The molecule has 0 aliphatic carbocycles. The molecule has 2 nitrogen and oxygen atoms in total. The monoisotopic (exact) mass is 381 g/mol. The summed E-state index contributed by atoms with van der Waals surface area (Å²) in [6.45, 7) is 2.72. The maximum Gasteiger partial charge on any atom is 0.119 e. The fraction of sp³-hybridized carbons (Fsp3) is 0.294. The number of halogens is 1. The second-order valence-corrected chi connectivity index (χ2v) is 6.18.